The number of hydrogen-bond donors (Lipinski definition) is 3. The van der Waals surface area contributed by atoms with Crippen molar-refractivity contribution < 1.29 is 5.21 Å². The molecule has 0 heterocycles. The first kappa shape index (κ1) is 10.3. The smallest absolute Gasteiger partial charge is 0.140 e. The zero-order valence-electron chi connectivity index (χ0n) is 8.54. The molecule has 4 nitrogen and oxygen atoms in total. The zero-order valence-corrected chi connectivity index (χ0v) is 8.54. The maximum absolute atomic E-state index is 8.37. The van der Waals surface area contributed by atoms with Crippen LogP contribution in [0, 0.1) is 5.41 Å². The van der Waals surface area contributed by atoms with Crippen LogP contribution >= 0.6 is 0 Å². The Bertz CT molecular complexity index is 213. The molecule has 0 aromatic carbocycles. The summed E-state index contributed by atoms with van der Waals surface area (Å²) in [6.07, 6.45) is 1.82. The van der Waals surface area contributed by atoms with Gasteiger partial charge in [0.25, 0.3) is 0 Å². The van der Waals surface area contributed by atoms with Crippen molar-refractivity contribution in [1.29, 1.82) is 0 Å². The van der Waals surface area contributed by atoms with Gasteiger partial charge in [-0.15, -0.1) is 0 Å². The predicted molar refractivity (Wildman–Crippen MR) is 52.8 cm³/mol. The van der Waals surface area contributed by atoms with Crippen molar-refractivity contribution in [2.45, 2.75) is 45.7 Å². The van der Waals surface area contributed by atoms with Crippen molar-refractivity contribution in [3.05, 3.63) is 0 Å². The van der Waals surface area contributed by atoms with Crippen LogP contribution in [0.1, 0.15) is 33.6 Å². The summed E-state index contributed by atoms with van der Waals surface area (Å²) in [5, 5.41) is 14.8. The molecule has 2 atom stereocenters. The molecule has 76 valence electrons. The van der Waals surface area contributed by atoms with Crippen LogP contribution in [-0.2, 0) is 0 Å². The van der Waals surface area contributed by atoms with E-state index in [2.05, 4.69) is 24.3 Å². The maximum Gasteiger partial charge on any atom is 0.140 e. The quantitative estimate of drug-likeness (QED) is 0.264. The van der Waals surface area contributed by atoms with Crippen LogP contribution in [0.4, 0.5) is 0 Å². The Balaban J connectivity index is 2.23. The van der Waals surface area contributed by atoms with Gasteiger partial charge in [-0.2, -0.15) is 0 Å². The molecule has 0 saturated heterocycles. The highest BCUT2D eigenvalue weighted by molar-refractivity contribution is 5.80. The molecule has 0 aliphatic heterocycles. The normalized spacial score (nSPS) is 28.5. The number of nitrogens with one attached hydrogen (secondary N) is 1. The van der Waals surface area contributed by atoms with E-state index in [9.17, 15) is 0 Å². The summed E-state index contributed by atoms with van der Waals surface area (Å²) >= 11 is 0. The van der Waals surface area contributed by atoms with Gasteiger partial charge < -0.3 is 16.3 Å². The molecular weight excluding hydrogens is 166 g/mol. The highest BCUT2D eigenvalue weighted by Crippen LogP contribution is 2.44. The molecule has 1 aliphatic rings. The number of nitrogens with two attached hydrogens (primary N) is 1. The van der Waals surface area contributed by atoms with Crippen molar-refractivity contribution in [2.75, 3.05) is 0 Å². The molecule has 0 spiro atoms. The van der Waals surface area contributed by atoms with Gasteiger partial charge in [0.1, 0.15) is 5.84 Å². The molecule has 13 heavy (non-hydrogen) atoms. The number of nitrogens with zero attached hydrogens (tertiary/aromatic N) is 1. The van der Waals surface area contributed by atoms with Crippen LogP contribution in [0.2, 0.25) is 0 Å². The van der Waals surface area contributed by atoms with E-state index < -0.39 is 0 Å². The highest BCUT2D eigenvalue weighted by Gasteiger charge is 2.45. The average Bonchev–Trinajstić information content (AvgIpc) is 2.58. The van der Waals surface area contributed by atoms with Crippen molar-refractivity contribution in [2.24, 2.45) is 16.3 Å². The largest absolute Gasteiger partial charge is 0.409 e. The third-order valence-corrected chi connectivity index (χ3v) is 2.64. The summed E-state index contributed by atoms with van der Waals surface area (Å²) in [7, 11) is 0. The number of rotatable bonds is 4. The van der Waals surface area contributed by atoms with Gasteiger partial charge in [0.15, 0.2) is 0 Å². The van der Waals surface area contributed by atoms with Gasteiger partial charge in [-0.25, -0.2) is 0 Å². The third kappa shape index (κ3) is 2.88. The van der Waals surface area contributed by atoms with E-state index in [1.807, 2.05) is 6.92 Å². The van der Waals surface area contributed by atoms with Crippen molar-refractivity contribution in [3.63, 3.8) is 0 Å². The Labute approximate surface area is 79.2 Å². The molecule has 0 radical (unpaired) electrons. The van der Waals surface area contributed by atoms with E-state index in [4.69, 9.17) is 10.9 Å². The van der Waals surface area contributed by atoms with E-state index >= 15 is 0 Å². The van der Waals surface area contributed by atoms with Gasteiger partial charge >= 0.3 is 0 Å². The fourth-order valence-corrected chi connectivity index (χ4v) is 1.51. The van der Waals surface area contributed by atoms with Gasteiger partial charge in [0.05, 0.1) is 0 Å². The lowest BCUT2D eigenvalue weighted by atomic mass is 10.1. The third-order valence-electron chi connectivity index (χ3n) is 2.64. The molecule has 0 aromatic rings. The maximum atomic E-state index is 8.37. The average molecular weight is 185 g/mol. The Hall–Kier alpha value is -0.770. The summed E-state index contributed by atoms with van der Waals surface area (Å²) in [5.74, 6) is 0.290. The second-order valence-corrected chi connectivity index (χ2v) is 4.61. The molecular formula is C9H19N3O. The van der Waals surface area contributed by atoms with Crippen LogP contribution in [0.3, 0.4) is 0 Å². The van der Waals surface area contributed by atoms with Gasteiger partial charge in [-0.3, -0.25) is 0 Å². The first-order valence-corrected chi connectivity index (χ1v) is 4.68. The van der Waals surface area contributed by atoms with E-state index in [-0.39, 0.29) is 6.04 Å². The Morgan fingerprint density at radius 1 is 1.77 bits per heavy atom. The summed E-state index contributed by atoms with van der Waals surface area (Å²) in [5.41, 5.74) is 5.83. The topological polar surface area (TPSA) is 70.6 Å². The van der Waals surface area contributed by atoms with Crippen LogP contribution in [0.15, 0.2) is 5.16 Å². The summed E-state index contributed by atoms with van der Waals surface area (Å²) in [6.45, 7) is 6.52. The van der Waals surface area contributed by atoms with E-state index in [0.717, 1.165) is 0 Å². The highest BCUT2D eigenvalue weighted by atomic mass is 16.4. The number of oxime groups is 1. The predicted octanol–water partition coefficient (Wildman–Crippen LogP) is 0.899. The van der Waals surface area contributed by atoms with Gasteiger partial charge in [0.2, 0.25) is 0 Å². The molecule has 1 saturated carbocycles. The van der Waals surface area contributed by atoms with Gasteiger partial charge in [-0.05, 0) is 18.8 Å². The molecule has 0 bridgehead atoms. The Morgan fingerprint density at radius 2 is 2.31 bits per heavy atom. The monoisotopic (exact) mass is 185 g/mol. The molecule has 2 unspecified atom stereocenters. The molecule has 4 heteroatoms. The molecule has 4 N–H and O–H groups in total. The lowest BCUT2D eigenvalue weighted by molar-refractivity contribution is 0.315. The lowest BCUT2D eigenvalue weighted by Crippen LogP contribution is -2.34. The fraction of sp³-hybridized carbons (Fsp3) is 0.889. The second-order valence-electron chi connectivity index (χ2n) is 4.61. The van der Waals surface area contributed by atoms with Crippen molar-refractivity contribution in [1.82, 2.24) is 5.32 Å². The van der Waals surface area contributed by atoms with Crippen LogP contribution < -0.4 is 11.1 Å². The van der Waals surface area contributed by atoms with E-state index in [1.54, 1.807) is 0 Å². The summed E-state index contributed by atoms with van der Waals surface area (Å²) < 4.78 is 0. The first-order valence-electron chi connectivity index (χ1n) is 4.68. The van der Waals surface area contributed by atoms with E-state index in [0.29, 0.717) is 23.7 Å². The minimum absolute atomic E-state index is 0.280. The van der Waals surface area contributed by atoms with Crippen LogP contribution in [0.5, 0.6) is 0 Å². The van der Waals surface area contributed by atoms with Gasteiger partial charge in [-0.1, -0.05) is 19.0 Å². The zero-order chi connectivity index (χ0) is 10.1. The van der Waals surface area contributed by atoms with Crippen molar-refractivity contribution in [3.8, 4) is 0 Å². The second kappa shape index (κ2) is 3.54. The van der Waals surface area contributed by atoms with Gasteiger partial charge in [0, 0.05) is 18.5 Å². The Morgan fingerprint density at radius 3 is 2.69 bits per heavy atom. The first-order chi connectivity index (χ1) is 5.95. The fourth-order valence-electron chi connectivity index (χ4n) is 1.51. The van der Waals surface area contributed by atoms with Crippen LogP contribution in [-0.4, -0.2) is 23.1 Å². The minimum atomic E-state index is 0.280. The van der Waals surface area contributed by atoms with Crippen LogP contribution in [0.25, 0.3) is 0 Å². The Kier molecular flexibility index (Phi) is 2.81. The molecule has 0 aromatic heterocycles. The molecule has 1 rings (SSSR count). The number of hydrogen-bond acceptors (Lipinski definition) is 3. The summed E-state index contributed by atoms with van der Waals surface area (Å²) in [6, 6.07) is 0.872. The van der Waals surface area contributed by atoms with E-state index in [1.165, 1.54) is 6.42 Å². The number of amidine groups is 1. The molecule has 0 amide bonds. The summed E-state index contributed by atoms with van der Waals surface area (Å²) in [4.78, 5) is 0. The van der Waals surface area contributed by atoms with Crippen molar-refractivity contribution >= 4 is 5.84 Å². The standard InChI is InChI=1S/C9H19N3O/c1-6(4-8(10)12-13)11-7-5-9(7,2)3/h6-7,11,13H,4-5H2,1-3H3,(H2,10,12). The molecule has 1 aliphatic carbocycles. The minimum Gasteiger partial charge on any atom is -0.409 e. The lowest BCUT2D eigenvalue weighted by Gasteiger charge is -2.13. The SMILES string of the molecule is CC(CC(N)=NO)NC1CC1(C)C. The molecule has 1 fully saturated rings.